The highest BCUT2D eigenvalue weighted by Crippen LogP contribution is 2.06. The van der Waals surface area contributed by atoms with E-state index in [1.165, 1.54) is 0 Å². The smallest absolute Gasteiger partial charge is 0.224 e. The maximum Gasteiger partial charge on any atom is 0.224 e. The summed E-state index contributed by atoms with van der Waals surface area (Å²) in [4.78, 5) is 9.44. The zero-order valence-corrected chi connectivity index (χ0v) is 8.33. The van der Waals surface area contributed by atoms with Gasteiger partial charge in [-0.3, -0.25) is 5.73 Å². The minimum atomic E-state index is -0.489. The number of halogens is 1. The third-order valence-corrected chi connectivity index (χ3v) is 1.99. The Morgan fingerprint density at radius 3 is 2.85 bits per heavy atom. The number of aliphatic imine (C=N–C) groups is 2. The molecule has 1 atom stereocenters. The monoisotopic (exact) mass is 203 g/mol. The van der Waals surface area contributed by atoms with Crippen molar-refractivity contribution in [2.75, 3.05) is 6.54 Å². The second-order valence-corrected chi connectivity index (χ2v) is 3.17. The molecule has 0 radical (unpaired) electrons. The van der Waals surface area contributed by atoms with Crippen LogP contribution in [0.1, 0.15) is 19.8 Å². The lowest BCUT2D eigenvalue weighted by molar-refractivity contribution is 0.313. The van der Waals surface area contributed by atoms with Gasteiger partial charge in [0.2, 0.25) is 11.3 Å². The Balaban J connectivity index is 2.61. The minimum Gasteiger partial charge on any atom is -0.369 e. The Bertz CT molecular complexity index is 237. The number of hydrogen-bond acceptors (Lipinski definition) is 5. The summed E-state index contributed by atoms with van der Waals surface area (Å²) in [5.41, 5.74) is 11.3. The normalized spacial score (nSPS) is 22.7. The topological polar surface area (TPSA) is 80.0 Å². The maximum atomic E-state index is 5.69. The van der Waals surface area contributed by atoms with Crippen LogP contribution in [-0.2, 0) is 0 Å². The SMILES string of the molecule is CCCCN1C(N)=NC(Cl)=NC1N. The van der Waals surface area contributed by atoms with Gasteiger partial charge in [-0.25, -0.2) is 4.99 Å². The predicted molar refractivity (Wildman–Crippen MR) is 54.5 cm³/mol. The first kappa shape index (κ1) is 10.3. The maximum absolute atomic E-state index is 5.69. The highest BCUT2D eigenvalue weighted by molar-refractivity contribution is 6.65. The molecule has 1 rings (SSSR count). The van der Waals surface area contributed by atoms with E-state index >= 15 is 0 Å². The molecular formula is C7H14ClN5. The van der Waals surface area contributed by atoms with E-state index in [9.17, 15) is 0 Å². The van der Waals surface area contributed by atoms with Crippen molar-refractivity contribution < 1.29 is 0 Å². The summed E-state index contributed by atoms with van der Waals surface area (Å²) in [5, 5.41) is 0.123. The Morgan fingerprint density at radius 2 is 2.31 bits per heavy atom. The van der Waals surface area contributed by atoms with E-state index in [0.717, 1.165) is 19.4 Å². The Kier molecular flexibility index (Phi) is 3.50. The Morgan fingerprint density at radius 1 is 1.62 bits per heavy atom. The molecule has 0 aromatic rings. The molecule has 0 spiro atoms. The van der Waals surface area contributed by atoms with Crippen LogP contribution in [-0.4, -0.2) is 29.0 Å². The van der Waals surface area contributed by atoms with Gasteiger partial charge < -0.3 is 10.6 Å². The molecule has 0 saturated carbocycles. The van der Waals surface area contributed by atoms with Gasteiger partial charge in [-0.2, -0.15) is 4.99 Å². The molecule has 0 aliphatic carbocycles. The van der Waals surface area contributed by atoms with Crippen LogP contribution in [0.4, 0.5) is 0 Å². The highest BCUT2D eigenvalue weighted by atomic mass is 35.5. The van der Waals surface area contributed by atoms with E-state index in [4.69, 9.17) is 23.1 Å². The second kappa shape index (κ2) is 4.43. The number of nitrogens with two attached hydrogens (primary N) is 2. The zero-order valence-electron chi connectivity index (χ0n) is 7.57. The number of hydrogen-bond donors (Lipinski definition) is 2. The average Bonchev–Trinajstić information content (AvgIpc) is 2.02. The quantitative estimate of drug-likeness (QED) is 0.646. The van der Waals surface area contributed by atoms with Gasteiger partial charge >= 0.3 is 0 Å². The molecule has 74 valence electrons. The number of nitrogens with zero attached hydrogens (tertiary/aromatic N) is 3. The molecular weight excluding hydrogens is 190 g/mol. The van der Waals surface area contributed by atoms with E-state index in [-0.39, 0.29) is 5.29 Å². The van der Waals surface area contributed by atoms with Crippen molar-refractivity contribution in [3.8, 4) is 0 Å². The molecule has 0 bridgehead atoms. The first-order valence-electron chi connectivity index (χ1n) is 4.25. The molecule has 1 heterocycles. The molecule has 0 aromatic heterocycles. The lowest BCUT2D eigenvalue weighted by Crippen LogP contribution is -2.51. The average molecular weight is 204 g/mol. The summed E-state index contributed by atoms with van der Waals surface area (Å²) in [6, 6.07) is 0. The fourth-order valence-electron chi connectivity index (χ4n) is 1.08. The third-order valence-electron chi connectivity index (χ3n) is 1.81. The molecule has 6 heteroatoms. The lowest BCUT2D eigenvalue weighted by atomic mass is 10.3. The fourth-order valence-corrected chi connectivity index (χ4v) is 1.26. The molecule has 0 saturated heterocycles. The van der Waals surface area contributed by atoms with Crippen LogP contribution in [0, 0.1) is 0 Å². The van der Waals surface area contributed by atoms with Crippen molar-refractivity contribution in [2.24, 2.45) is 21.5 Å². The molecule has 4 N–H and O–H groups in total. The third kappa shape index (κ3) is 2.57. The summed E-state index contributed by atoms with van der Waals surface area (Å²) in [6.07, 6.45) is 1.60. The van der Waals surface area contributed by atoms with Gasteiger partial charge in [0.05, 0.1) is 0 Å². The summed E-state index contributed by atoms with van der Waals surface area (Å²) in [5.74, 6) is 0.348. The second-order valence-electron chi connectivity index (χ2n) is 2.83. The van der Waals surface area contributed by atoms with Crippen LogP contribution in [0.5, 0.6) is 0 Å². The van der Waals surface area contributed by atoms with Gasteiger partial charge in [0, 0.05) is 6.54 Å². The molecule has 1 unspecified atom stereocenters. The Labute approximate surface area is 82.5 Å². The summed E-state index contributed by atoms with van der Waals surface area (Å²) < 4.78 is 0. The standard InChI is InChI=1S/C7H14ClN5/c1-2-3-4-13-6(9)11-5(8)12-7(13)10/h6H,2-4,9H2,1H3,(H2,10,11,12). The van der Waals surface area contributed by atoms with Crippen molar-refractivity contribution in [3.05, 3.63) is 0 Å². The van der Waals surface area contributed by atoms with Gasteiger partial charge in [0.25, 0.3) is 0 Å². The largest absolute Gasteiger partial charge is 0.369 e. The van der Waals surface area contributed by atoms with Crippen molar-refractivity contribution in [2.45, 2.75) is 26.1 Å². The van der Waals surface area contributed by atoms with E-state index in [0.29, 0.717) is 5.96 Å². The van der Waals surface area contributed by atoms with Gasteiger partial charge in [-0.05, 0) is 18.0 Å². The summed E-state index contributed by atoms with van der Waals surface area (Å²) in [6.45, 7) is 2.86. The van der Waals surface area contributed by atoms with Crippen LogP contribution in [0.2, 0.25) is 0 Å². The molecule has 5 nitrogen and oxygen atoms in total. The number of amidine groups is 1. The van der Waals surface area contributed by atoms with E-state index < -0.39 is 6.29 Å². The summed E-state index contributed by atoms with van der Waals surface area (Å²) in [7, 11) is 0. The van der Waals surface area contributed by atoms with E-state index in [2.05, 4.69) is 16.9 Å². The van der Waals surface area contributed by atoms with Crippen molar-refractivity contribution in [3.63, 3.8) is 0 Å². The van der Waals surface area contributed by atoms with Gasteiger partial charge in [-0.1, -0.05) is 13.3 Å². The highest BCUT2D eigenvalue weighted by Gasteiger charge is 2.19. The van der Waals surface area contributed by atoms with Gasteiger partial charge in [-0.15, -0.1) is 0 Å². The lowest BCUT2D eigenvalue weighted by Gasteiger charge is -2.29. The van der Waals surface area contributed by atoms with Crippen LogP contribution in [0.25, 0.3) is 0 Å². The minimum absolute atomic E-state index is 0.123. The zero-order chi connectivity index (χ0) is 9.84. The van der Waals surface area contributed by atoms with E-state index in [1.54, 1.807) is 4.90 Å². The van der Waals surface area contributed by atoms with Gasteiger partial charge in [0.15, 0.2) is 6.29 Å². The number of unbranched alkanes of at least 4 members (excludes halogenated alkanes) is 1. The van der Waals surface area contributed by atoms with Gasteiger partial charge in [0.1, 0.15) is 0 Å². The molecule has 0 aromatic carbocycles. The van der Waals surface area contributed by atoms with Crippen LogP contribution < -0.4 is 11.5 Å². The van der Waals surface area contributed by atoms with Crippen LogP contribution >= 0.6 is 11.6 Å². The first-order valence-corrected chi connectivity index (χ1v) is 4.62. The Hall–Kier alpha value is -0.810. The predicted octanol–water partition coefficient (Wildman–Crippen LogP) is 0.254. The molecule has 0 fully saturated rings. The first-order chi connectivity index (χ1) is 6.15. The molecule has 1 aliphatic rings. The van der Waals surface area contributed by atoms with Crippen molar-refractivity contribution >= 4 is 22.9 Å². The number of rotatable bonds is 3. The van der Waals surface area contributed by atoms with E-state index in [1.807, 2.05) is 0 Å². The van der Waals surface area contributed by atoms with Crippen LogP contribution in [0.15, 0.2) is 9.98 Å². The fraction of sp³-hybridized carbons (Fsp3) is 0.714. The summed E-state index contributed by atoms with van der Waals surface area (Å²) >= 11 is 5.58. The van der Waals surface area contributed by atoms with Crippen molar-refractivity contribution in [1.82, 2.24) is 4.90 Å². The number of guanidine groups is 1. The molecule has 1 aliphatic heterocycles. The molecule has 0 amide bonds. The van der Waals surface area contributed by atoms with Crippen molar-refractivity contribution in [1.29, 1.82) is 0 Å². The molecule has 13 heavy (non-hydrogen) atoms. The van der Waals surface area contributed by atoms with Crippen LogP contribution in [0.3, 0.4) is 0 Å².